The summed E-state index contributed by atoms with van der Waals surface area (Å²) in [4.78, 5) is 24.8. The van der Waals surface area contributed by atoms with Crippen molar-refractivity contribution in [3.05, 3.63) is 0 Å². The molecule has 2 amide bonds. The maximum atomic E-state index is 12.1. The van der Waals surface area contributed by atoms with Crippen LogP contribution >= 0.6 is 0 Å². The normalized spacial score (nSPS) is 29.6. The third-order valence-electron chi connectivity index (χ3n) is 2.86. The highest BCUT2D eigenvalue weighted by Crippen LogP contribution is 2.13. The van der Waals surface area contributed by atoms with Crippen LogP contribution in [0.4, 0.5) is 0 Å². The van der Waals surface area contributed by atoms with Gasteiger partial charge in [-0.3, -0.25) is 9.59 Å². The molecule has 0 radical (unpaired) electrons. The van der Waals surface area contributed by atoms with Gasteiger partial charge in [-0.05, 0) is 13.8 Å². The van der Waals surface area contributed by atoms with E-state index >= 15 is 0 Å². The van der Waals surface area contributed by atoms with Gasteiger partial charge >= 0.3 is 0 Å². The molecular formula is C11H17N3O3. The minimum Gasteiger partial charge on any atom is -0.372 e. The number of morpholine rings is 1. The molecule has 6 heteroatoms. The monoisotopic (exact) mass is 239 g/mol. The molecule has 6 nitrogen and oxygen atoms in total. The molecule has 0 aromatic heterocycles. The van der Waals surface area contributed by atoms with Crippen LogP contribution in [-0.4, -0.2) is 47.7 Å². The highest BCUT2D eigenvalue weighted by atomic mass is 16.5. The summed E-state index contributed by atoms with van der Waals surface area (Å²) in [5, 5.41) is 3.82. The van der Waals surface area contributed by atoms with E-state index in [0.717, 1.165) is 0 Å². The van der Waals surface area contributed by atoms with Crippen LogP contribution in [0.3, 0.4) is 0 Å². The molecule has 94 valence electrons. The van der Waals surface area contributed by atoms with Crippen LogP contribution in [0.1, 0.15) is 26.7 Å². The van der Waals surface area contributed by atoms with Crippen LogP contribution in [0.2, 0.25) is 0 Å². The Kier molecular flexibility index (Phi) is 3.42. The van der Waals surface area contributed by atoms with E-state index in [0.29, 0.717) is 31.6 Å². The molecule has 1 saturated heterocycles. The molecule has 2 atom stereocenters. The summed E-state index contributed by atoms with van der Waals surface area (Å²) in [5.41, 5.74) is 2.78. The minimum atomic E-state index is -0.134. The highest BCUT2D eigenvalue weighted by molar-refractivity contribution is 6.39. The molecule has 2 aliphatic heterocycles. The van der Waals surface area contributed by atoms with E-state index in [2.05, 4.69) is 10.5 Å². The summed E-state index contributed by atoms with van der Waals surface area (Å²) >= 11 is 0. The van der Waals surface area contributed by atoms with E-state index in [4.69, 9.17) is 4.74 Å². The second-order valence-electron chi connectivity index (χ2n) is 4.56. The zero-order valence-electron chi connectivity index (χ0n) is 10.1. The second-order valence-corrected chi connectivity index (χ2v) is 4.56. The molecule has 2 rings (SSSR count). The number of rotatable bonds is 1. The predicted octanol–water partition coefficient (Wildman–Crippen LogP) is -0.112. The zero-order valence-corrected chi connectivity index (χ0v) is 10.1. The van der Waals surface area contributed by atoms with Gasteiger partial charge in [0.15, 0.2) is 0 Å². The van der Waals surface area contributed by atoms with Crippen LogP contribution in [0.25, 0.3) is 0 Å². The van der Waals surface area contributed by atoms with Gasteiger partial charge in [-0.25, -0.2) is 5.43 Å². The van der Waals surface area contributed by atoms with Crippen molar-refractivity contribution in [1.82, 2.24) is 10.3 Å². The predicted molar refractivity (Wildman–Crippen MR) is 61.4 cm³/mol. The van der Waals surface area contributed by atoms with Crippen LogP contribution in [0, 0.1) is 0 Å². The van der Waals surface area contributed by atoms with Crippen LogP contribution in [0.5, 0.6) is 0 Å². The molecule has 0 aromatic rings. The van der Waals surface area contributed by atoms with E-state index in [9.17, 15) is 9.59 Å². The van der Waals surface area contributed by atoms with E-state index in [1.807, 2.05) is 13.8 Å². The highest BCUT2D eigenvalue weighted by Gasteiger charge is 2.29. The summed E-state index contributed by atoms with van der Waals surface area (Å²) < 4.78 is 5.57. The Hall–Kier alpha value is -1.43. The Bertz CT molecular complexity index is 357. The fourth-order valence-electron chi connectivity index (χ4n) is 2.15. The standard InChI is InChI=1S/C11H17N3O3/c1-7-5-14(6-8(2)17-7)11(16)9-3-4-10(15)13-12-9/h7-8H,3-6H2,1-2H3,(H,13,15)/t7-,8+. The Morgan fingerprint density at radius 2 is 2.00 bits per heavy atom. The fourth-order valence-corrected chi connectivity index (χ4v) is 2.15. The third kappa shape index (κ3) is 2.82. The van der Waals surface area contributed by atoms with Crippen LogP contribution in [0.15, 0.2) is 5.10 Å². The Morgan fingerprint density at radius 1 is 1.35 bits per heavy atom. The summed E-state index contributed by atoms with van der Waals surface area (Å²) in [6.45, 7) is 5.05. The number of nitrogens with zero attached hydrogens (tertiary/aromatic N) is 2. The van der Waals surface area contributed by atoms with Gasteiger partial charge in [-0.15, -0.1) is 0 Å². The van der Waals surface area contributed by atoms with Gasteiger partial charge in [0.1, 0.15) is 5.71 Å². The molecule has 0 spiro atoms. The summed E-state index contributed by atoms with van der Waals surface area (Å²) in [5.74, 6) is -0.225. The smallest absolute Gasteiger partial charge is 0.270 e. The molecule has 1 fully saturated rings. The first-order chi connectivity index (χ1) is 8.06. The molecule has 0 saturated carbocycles. The number of ether oxygens (including phenoxy) is 1. The van der Waals surface area contributed by atoms with Crippen molar-refractivity contribution < 1.29 is 14.3 Å². The first-order valence-electron chi connectivity index (χ1n) is 5.86. The molecule has 0 aromatic carbocycles. The second kappa shape index (κ2) is 4.83. The first kappa shape index (κ1) is 12.0. The topological polar surface area (TPSA) is 71.0 Å². The van der Waals surface area contributed by atoms with E-state index in [1.54, 1.807) is 4.90 Å². The van der Waals surface area contributed by atoms with Crippen molar-refractivity contribution in [3.63, 3.8) is 0 Å². The number of hydrazone groups is 1. The van der Waals surface area contributed by atoms with Gasteiger partial charge in [-0.2, -0.15) is 5.10 Å². The van der Waals surface area contributed by atoms with E-state index in [1.165, 1.54) is 0 Å². The number of hydrogen-bond donors (Lipinski definition) is 1. The Morgan fingerprint density at radius 3 is 2.53 bits per heavy atom. The van der Waals surface area contributed by atoms with E-state index in [-0.39, 0.29) is 24.0 Å². The fraction of sp³-hybridized carbons (Fsp3) is 0.727. The van der Waals surface area contributed by atoms with Crippen molar-refractivity contribution in [1.29, 1.82) is 0 Å². The largest absolute Gasteiger partial charge is 0.372 e. The van der Waals surface area contributed by atoms with Crippen LogP contribution < -0.4 is 5.43 Å². The van der Waals surface area contributed by atoms with E-state index < -0.39 is 0 Å². The van der Waals surface area contributed by atoms with Crippen molar-refractivity contribution in [2.75, 3.05) is 13.1 Å². The van der Waals surface area contributed by atoms with Crippen molar-refractivity contribution in [3.8, 4) is 0 Å². The molecule has 0 unspecified atom stereocenters. The van der Waals surface area contributed by atoms with Crippen molar-refractivity contribution >= 4 is 17.5 Å². The zero-order chi connectivity index (χ0) is 12.4. The average molecular weight is 239 g/mol. The summed E-state index contributed by atoms with van der Waals surface area (Å²) in [6, 6.07) is 0. The molecular weight excluding hydrogens is 222 g/mol. The number of hydrogen-bond acceptors (Lipinski definition) is 4. The number of carbonyl (C=O) groups is 2. The lowest BCUT2D eigenvalue weighted by Gasteiger charge is -2.35. The summed E-state index contributed by atoms with van der Waals surface area (Å²) in [6.07, 6.45) is 0.841. The molecule has 0 aliphatic carbocycles. The quantitative estimate of drug-likeness (QED) is 0.694. The maximum Gasteiger partial charge on any atom is 0.270 e. The lowest BCUT2D eigenvalue weighted by atomic mass is 10.1. The minimum absolute atomic E-state index is 0.0430. The molecule has 2 heterocycles. The number of nitrogens with one attached hydrogen (secondary N) is 1. The maximum absolute atomic E-state index is 12.1. The number of carbonyl (C=O) groups excluding carboxylic acids is 2. The van der Waals surface area contributed by atoms with Gasteiger partial charge in [0.2, 0.25) is 5.91 Å². The first-order valence-corrected chi connectivity index (χ1v) is 5.86. The molecule has 0 bridgehead atoms. The van der Waals surface area contributed by atoms with Gasteiger partial charge in [-0.1, -0.05) is 0 Å². The lowest BCUT2D eigenvalue weighted by Crippen LogP contribution is -2.51. The van der Waals surface area contributed by atoms with Crippen LogP contribution in [-0.2, 0) is 14.3 Å². The third-order valence-corrected chi connectivity index (χ3v) is 2.86. The van der Waals surface area contributed by atoms with Crippen molar-refractivity contribution in [2.24, 2.45) is 5.10 Å². The van der Waals surface area contributed by atoms with Gasteiger partial charge in [0.25, 0.3) is 5.91 Å². The van der Waals surface area contributed by atoms with Gasteiger partial charge in [0.05, 0.1) is 12.2 Å². The van der Waals surface area contributed by atoms with Crippen molar-refractivity contribution in [2.45, 2.75) is 38.9 Å². The molecule has 2 aliphatic rings. The van der Waals surface area contributed by atoms with Gasteiger partial charge in [0, 0.05) is 25.9 Å². The van der Waals surface area contributed by atoms with Gasteiger partial charge < -0.3 is 9.64 Å². The lowest BCUT2D eigenvalue weighted by molar-refractivity contribution is -0.136. The SMILES string of the molecule is C[C@@H]1CN(C(=O)C2=NNC(=O)CC2)C[C@H](C)O1. The Labute approximate surface area is 100.0 Å². The average Bonchev–Trinajstić information content (AvgIpc) is 2.28. The Balaban J connectivity index is 2.02. The molecule has 17 heavy (non-hydrogen) atoms. The summed E-state index contributed by atoms with van der Waals surface area (Å²) in [7, 11) is 0. The molecule has 1 N–H and O–H groups in total. The number of amides is 2.